The summed E-state index contributed by atoms with van der Waals surface area (Å²) in [4.78, 5) is 8.37. The molecule has 2 heterocycles. The van der Waals surface area contributed by atoms with Crippen LogP contribution in [0, 0.1) is 0 Å². The molecule has 1 aliphatic heterocycles. The number of nitrogens with zero attached hydrogens (tertiary/aromatic N) is 2. The topological polar surface area (TPSA) is 42.5 Å². The predicted molar refractivity (Wildman–Crippen MR) is 123 cm³/mol. The number of aromatic amines is 1. The van der Waals surface area contributed by atoms with Gasteiger partial charge < -0.3 is 19.9 Å². The molecule has 2 fully saturated rings. The first-order valence-corrected chi connectivity index (χ1v) is 11.1. The van der Waals surface area contributed by atoms with E-state index in [9.17, 15) is 5.11 Å². The van der Waals surface area contributed by atoms with E-state index >= 15 is 0 Å². The fourth-order valence-electron chi connectivity index (χ4n) is 4.79. The second-order valence-electron chi connectivity index (χ2n) is 8.94. The molecule has 0 unspecified atom stereocenters. The minimum absolute atomic E-state index is 0.599. The molecule has 2 aliphatic rings. The van der Waals surface area contributed by atoms with E-state index in [-0.39, 0.29) is 0 Å². The van der Waals surface area contributed by atoms with E-state index in [4.69, 9.17) is 0 Å². The molecule has 0 amide bonds. The number of para-hydroxylation sites is 1. The highest BCUT2D eigenvalue weighted by Gasteiger charge is 2.36. The van der Waals surface area contributed by atoms with Crippen molar-refractivity contribution in [3.63, 3.8) is 0 Å². The molecule has 156 valence electrons. The van der Waals surface area contributed by atoms with Crippen molar-refractivity contribution < 1.29 is 5.11 Å². The van der Waals surface area contributed by atoms with Crippen molar-refractivity contribution in [1.82, 2.24) is 9.88 Å². The van der Waals surface area contributed by atoms with E-state index in [0.717, 1.165) is 57.4 Å². The number of benzene rings is 2. The number of anilines is 1. The normalized spacial score (nSPS) is 18.9. The number of aliphatic hydroxyl groups is 1. The SMILES string of the molecule is CN1CCN(c2ccccc2Cc2cc[nH]c2-c2ccc(C3(O)CCC3)cc2)CC1. The number of rotatable bonds is 5. The fourth-order valence-corrected chi connectivity index (χ4v) is 4.79. The van der Waals surface area contributed by atoms with Crippen LogP contribution in [0.4, 0.5) is 5.69 Å². The Balaban J connectivity index is 1.39. The van der Waals surface area contributed by atoms with E-state index in [1.54, 1.807) is 0 Å². The van der Waals surface area contributed by atoms with Gasteiger partial charge in [0.15, 0.2) is 0 Å². The van der Waals surface area contributed by atoms with E-state index in [2.05, 4.69) is 76.4 Å². The summed E-state index contributed by atoms with van der Waals surface area (Å²) in [7, 11) is 2.20. The van der Waals surface area contributed by atoms with E-state index < -0.39 is 5.60 Å². The van der Waals surface area contributed by atoms with Crippen LogP contribution in [-0.2, 0) is 12.0 Å². The maximum Gasteiger partial charge on any atom is 0.0896 e. The highest BCUT2D eigenvalue weighted by molar-refractivity contribution is 5.66. The molecule has 3 aromatic rings. The number of nitrogens with one attached hydrogen (secondary N) is 1. The van der Waals surface area contributed by atoms with Gasteiger partial charge in [0, 0.05) is 50.2 Å². The summed E-state index contributed by atoms with van der Waals surface area (Å²) in [5.74, 6) is 0. The van der Waals surface area contributed by atoms with Crippen LogP contribution in [0.15, 0.2) is 60.8 Å². The standard InChI is InChI=1S/C26H31N3O/c1-28-15-17-29(18-16-28)24-6-3-2-5-21(24)19-22-11-14-27-25(22)20-7-9-23(10-8-20)26(30)12-4-13-26/h2-3,5-11,14,27,30H,4,12-13,15-19H2,1H3. The van der Waals surface area contributed by atoms with Gasteiger partial charge in [0.2, 0.25) is 0 Å². The third-order valence-corrected chi connectivity index (χ3v) is 6.94. The van der Waals surface area contributed by atoms with Crippen molar-refractivity contribution in [1.29, 1.82) is 0 Å². The average molecular weight is 402 g/mol. The molecule has 2 N–H and O–H groups in total. The van der Waals surface area contributed by atoms with Crippen molar-refractivity contribution in [2.45, 2.75) is 31.3 Å². The lowest BCUT2D eigenvalue weighted by atomic mass is 9.75. The minimum atomic E-state index is -0.599. The Hall–Kier alpha value is -2.56. The zero-order valence-corrected chi connectivity index (χ0v) is 17.8. The van der Waals surface area contributed by atoms with Gasteiger partial charge in [-0.15, -0.1) is 0 Å². The molecule has 4 nitrogen and oxygen atoms in total. The van der Waals surface area contributed by atoms with Crippen LogP contribution in [0.2, 0.25) is 0 Å². The summed E-state index contributed by atoms with van der Waals surface area (Å²) in [5.41, 5.74) is 6.86. The molecule has 0 radical (unpaired) electrons. The minimum Gasteiger partial charge on any atom is -0.385 e. The van der Waals surface area contributed by atoms with Crippen LogP contribution in [0.25, 0.3) is 11.3 Å². The van der Waals surface area contributed by atoms with Crippen LogP contribution in [0.1, 0.15) is 36.0 Å². The Morgan fingerprint density at radius 1 is 0.900 bits per heavy atom. The molecule has 4 heteroatoms. The van der Waals surface area contributed by atoms with E-state index in [1.165, 1.54) is 28.1 Å². The van der Waals surface area contributed by atoms with Crippen LogP contribution in [0.3, 0.4) is 0 Å². The Bertz CT molecular complexity index is 995. The summed E-state index contributed by atoms with van der Waals surface area (Å²) in [6.07, 6.45) is 5.82. The molecule has 5 rings (SSSR count). The van der Waals surface area contributed by atoms with Gasteiger partial charge >= 0.3 is 0 Å². The molecule has 0 spiro atoms. The summed E-state index contributed by atoms with van der Waals surface area (Å²) in [6.45, 7) is 4.39. The predicted octanol–water partition coefficient (Wildman–Crippen LogP) is 4.40. The summed E-state index contributed by atoms with van der Waals surface area (Å²) in [6, 6.07) is 19.5. The average Bonchev–Trinajstić information content (AvgIpc) is 3.21. The maximum absolute atomic E-state index is 10.6. The van der Waals surface area contributed by atoms with Gasteiger partial charge in [0.1, 0.15) is 0 Å². The van der Waals surface area contributed by atoms with Crippen molar-refractivity contribution in [3.05, 3.63) is 77.5 Å². The van der Waals surface area contributed by atoms with E-state index in [0.29, 0.717) is 0 Å². The number of piperazine rings is 1. The lowest BCUT2D eigenvalue weighted by Gasteiger charge is -2.37. The highest BCUT2D eigenvalue weighted by Crippen LogP contribution is 2.41. The molecule has 1 saturated carbocycles. The molecule has 2 aromatic carbocycles. The lowest BCUT2D eigenvalue weighted by Crippen LogP contribution is -2.44. The number of aromatic nitrogens is 1. The zero-order chi connectivity index (χ0) is 20.6. The van der Waals surface area contributed by atoms with Gasteiger partial charge in [-0.05, 0) is 60.7 Å². The smallest absolute Gasteiger partial charge is 0.0896 e. The van der Waals surface area contributed by atoms with Crippen molar-refractivity contribution in [2.75, 3.05) is 38.1 Å². The Morgan fingerprint density at radius 3 is 2.33 bits per heavy atom. The van der Waals surface area contributed by atoms with Crippen molar-refractivity contribution >= 4 is 5.69 Å². The summed E-state index contributed by atoms with van der Waals surface area (Å²) < 4.78 is 0. The third-order valence-electron chi connectivity index (χ3n) is 6.94. The molecule has 0 bridgehead atoms. The van der Waals surface area contributed by atoms with Crippen LogP contribution < -0.4 is 4.90 Å². The van der Waals surface area contributed by atoms with Gasteiger partial charge in [-0.1, -0.05) is 42.5 Å². The van der Waals surface area contributed by atoms with Gasteiger partial charge in [0.25, 0.3) is 0 Å². The first kappa shape index (κ1) is 19.4. The zero-order valence-electron chi connectivity index (χ0n) is 17.8. The fraction of sp³-hybridized carbons (Fsp3) is 0.385. The summed E-state index contributed by atoms with van der Waals surface area (Å²) in [5, 5.41) is 10.6. The first-order chi connectivity index (χ1) is 14.6. The number of likely N-dealkylation sites (N-methyl/N-ethyl adjacent to an activating group) is 1. The number of hydrogen-bond acceptors (Lipinski definition) is 3. The maximum atomic E-state index is 10.6. The van der Waals surface area contributed by atoms with Crippen LogP contribution in [-0.4, -0.2) is 48.2 Å². The Labute approximate surface area is 179 Å². The van der Waals surface area contributed by atoms with Gasteiger partial charge in [-0.25, -0.2) is 0 Å². The van der Waals surface area contributed by atoms with Gasteiger partial charge in [0.05, 0.1) is 5.60 Å². The third kappa shape index (κ3) is 3.66. The highest BCUT2D eigenvalue weighted by atomic mass is 16.3. The van der Waals surface area contributed by atoms with Crippen LogP contribution in [0.5, 0.6) is 0 Å². The van der Waals surface area contributed by atoms with Crippen molar-refractivity contribution in [2.24, 2.45) is 0 Å². The van der Waals surface area contributed by atoms with Crippen LogP contribution >= 0.6 is 0 Å². The lowest BCUT2D eigenvalue weighted by molar-refractivity contribution is -0.0387. The second kappa shape index (κ2) is 7.93. The van der Waals surface area contributed by atoms with Gasteiger partial charge in [-0.2, -0.15) is 0 Å². The molecular formula is C26H31N3O. The van der Waals surface area contributed by atoms with Gasteiger partial charge in [-0.3, -0.25) is 0 Å². The van der Waals surface area contributed by atoms with E-state index in [1.807, 2.05) is 6.20 Å². The summed E-state index contributed by atoms with van der Waals surface area (Å²) >= 11 is 0. The number of hydrogen-bond donors (Lipinski definition) is 2. The molecular weight excluding hydrogens is 370 g/mol. The molecule has 1 aliphatic carbocycles. The first-order valence-electron chi connectivity index (χ1n) is 11.1. The Morgan fingerprint density at radius 2 is 1.63 bits per heavy atom. The monoisotopic (exact) mass is 401 g/mol. The number of H-pyrrole nitrogens is 1. The quantitative estimate of drug-likeness (QED) is 0.666. The molecule has 1 aromatic heterocycles. The molecule has 1 saturated heterocycles. The second-order valence-corrected chi connectivity index (χ2v) is 8.94. The molecule has 30 heavy (non-hydrogen) atoms. The molecule has 0 atom stereocenters. The Kier molecular flexibility index (Phi) is 5.13. The largest absolute Gasteiger partial charge is 0.385 e. The van der Waals surface area contributed by atoms with Crippen molar-refractivity contribution in [3.8, 4) is 11.3 Å².